The molecule has 0 aromatic heterocycles. The summed E-state index contributed by atoms with van der Waals surface area (Å²) in [5.74, 6) is -0.0711. The summed E-state index contributed by atoms with van der Waals surface area (Å²) >= 11 is 0. The molecule has 1 unspecified atom stereocenters. The normalized spacial score (nSPS) is 13.9. The maximum absolute atomic E-state index is 11.4. The molecule has 1 amide bonds. The molecular formula is C15H24N2O2. The number of benzene rings is 1. The number of aliphatic hydroxyl groups is 1. The van der Waals surface area contributed by atoms with Crippen LogP contribution in [0, 0.1) is 0 Å². The van der Waals surface area contributed by atoms with Gasteiger partial charge in [-0.3, -0.25) is 4.79 Å². The van der Waals surface area contributed by atoms with Crippen LogP contribution in [0.2, 0.25) is 0 Å². The van der Waals surface area contributed by atoms with Crippen LogP contribution in [0.3, 0.4) is 0 Å². The van der Waals surface area contributed by atoms with Crippen LogP contribution in [0.15, 0.2) is 24.3 Å². The summed E-state index contributed by atoms with van der Waals surface area (Å²) in [6.07, 6.45) is 1.70. The first kappa shape index (κ1) is 15.7. The monoisotopic (exact) mass is 264 g/mol. The number of hydrogen-bond acceptors (Lipinski definition) is 3. The lowest BCUT2D eigenvalue weighted by Gasteiger charge is -2.29. The molecule has 0 saturated heterocycles. The fourth-order valence-corrected chi connectivity index (χ4v) is 1.87. The van der Waals surface area contributed by atoms with Crippen molar-refractivity contribution in [2.75, 3.05) is 13.7 Å². The minimum Gasteiger partial charge on any atom is -0.396 e. The van der Waals surface area contributed by atoms with E-state index in [1.807, 2.05) is 24.3 Å². The molecule has 19 heavy (non-hydrogen) atoms. The van der Waals surface area contributed by atoms with Gasteiger partial charge in [0.1, 0.15) is 0 Å². The van der Waals surface area contributed by atoms with Crippen molar-refractivity contribution in [3.8, 4) is 0 Å². The highest BCUT2D eigenvalue weighted by Gasteiger charge is 2.20. The van der Waals surface area contributed by atoms with Crippen LogP contribution in [0.5, 0.6) is 0 Å². The minimum atomic E-state index is -0.0711. The molecule has 0 spiro atoms. The molecule has 0 aliphatic heterocycles. The van der Waals surface area contributed by atoms with E-state index in [2.05, 4.69) is 24.5 Å². The number of carbonyl (C=O) groups is 1. The molecule has 0 radical (unpaired) electrons. The number of aliphatic hydroxyl groups excluding tert-OH is 1. The van der Waals surface area contributed by atoms with Crippen LogP contribution in [-0.4, -0.2) is 30.2 Å². The zero-order valence-electron chi connectivity index (χ0n) is 12.0. The van der Waals surface area contributed by atoms with E-state index in [1.54, 1.807) is 7.05 Å². The van der Waals surface area contributed by atoms with Crippen LogP contribution >= 0.6 is 0 Å². The summed E-state index contributed by atoms with van der Waals surface area (Å²) in [6, 6.07) is 7.55. The Balaban J connectivity index is 2.61. The number of hydrogen-bond donors (Lipinski definition) is 3. The second-order valence-corrected chi connectivity index (χ2v) is 5.02. The van der Waals surface area contributed by atoms with E-state index < -0.39 is 0 Å². The fraction of sp³-hybridized carbons (Fsp3) is 0.533. The summed E-state index contributed by atoms with van der Waals surface area (Å²) in [4.78, 5) is 11.4. The highest BCUT2D eigenvalue weighted by atomic mass is 16.3. The van der Waals surface area contributed by atoms with Crippen molar-refractivity contribution >= 4 is 5.91 Å². The van der Waals surface area contributed by atoms with Gasteiger partial charge in [-0.2, -0.15) is 0 Å². The molecule has 1 atom stereocenters. The predicted molar refractivity (Wildman–Crippen MR) is 77.1 cm³/mol. The molecule has 0 heterocycles. The number of amides is 1. The Kier molecular flexibility index (Phi) is 5.99. The van der Waals surface area contributed by atoms with Crippen molar-refractivity contribution in [3.05, 3.63) is 35.4 Å². The van der Waals surface area contributed by atoms with Crippen LogP contribution in [-0.2, 0) is 6.54 Å². The van der Waals surface area contributed by atoms with E-state index in [-0.39, 0.29) is 18.1 Å². The molecule has 4 heteroatoms. The highest BCUT2D eigenvalue weighted by Crippen LogP contribution is 2.15. The fourth-order valence-electron chi connectivity index (χ4n) is 1.87. The number of rotatable bonds is 7. The first-order chi connectivity index (χ1) is 9.04. The third-order valence-corrected chi connectivity index (χ3v) is 3.61. The molecule has 0 aliphatic carbocycles. The molecule has 3 N–H and O–H groups in total. The van der Waals surface area contributed by atoms with Gasteiger partial charge in [-0.15, -0.1) is 0 Å². The number of nitrogens with one attached hydrogen (secondary N) is 2. The molecular weight excluding hydrogens is 240 g/mol. The van der Waals surface area contributed by atoms with Gasteiger partial charge in [0.05, 0.1) is 0 Å². The maximum Gasteiger partial charge on any atom is 0.251 e. The average molecular weight is 264 g/mol. The Morgan fingerprint density at radius 3 is 2.42 bits per heavy atom. The number of carbonyl (C=O) groups excluding carboxylic acids is 1. The lowest BCUT2D eigenvalue weighted by Crippen LogP contribution is -2.42. The van der Waals surface area contributed by atoms with Crippen LogP contribution in [0.4, 0.5) is 0 Å². The third kappa shape index (κ3) is 4.65. The van der Waals surface area contributed by atoms with Crippen molar-refractivity contribution < 1.29 is 9.90 Å². The lowest BCUT2D eigenvalue weighted by molar-refractivity contribution is 0.0963. The summed E-state index contributed by atoms with van der Waals surface area (Å²) in [6.45, 7) is 5.14. The van der Waals surface area contributed by atoms with E-state index in [9.17, 15) is 4.79 Å². The second kappa shape index (κ2) is 7.26. The molecule has 1 rings (SSSR count). The first-order valence-electron chi connectivity index (χ1n) is 6.71. The standard InChI is InChI=1S/C15H24N2O2/c1-4-15(2,9-10-18)17-11-12-5-7-13(8-6-12)14(19)16-3/h5-8,17-18H,4,9-11H2,1-3H3,(H,16,19). The van der Waals surface area contributed by atoms with Crippen molar-refractivity contribution in [1.82, 2.24) is 10.6 Å². The van der Waals surface area contributed by atoms with Crippen molar-refractivity contribution in [1.29, 1.82) is 0 Å². The van der Waals surface area contributed by atoms with Gasteiger partial charge < -0.3 is 15.7 Å². The van der Waals surface area contributed by atoms with Gasteiger partial charge in [-0.25, -0.2) is 0 Å². The van der Waals surface area contributed by atoms with Gasteiger partial charge >= 0.3 is 0 Å². The van der Waals surface area contributed by atoms with Gasteiger partial charge in [0.25, 0.3) is 5.91 Å². The van der Waals surface area contributed by atoms with Crippen LogP contribution < -0.4 is 10.6 Å². The molecule has 1 aromatic rings. The highest BCUT2D eigenvalue weighted by molar-refractivity contribution is 5.93. The van der Waals surface area contributed by atoms with Gasteiger partial charge in [-0.05, 0) is 37.5 Å². The second-order valence-electron chi connectivity index (χ2n) is 5.02. The first-order valence-corrected chi connectivity index (χ1v) is 6.71. The maximum atomic E-state index is 11.4. The van der Waals surface area contributed by atoms with Crippen LogP contribution in [0.1, 0.15) is 42.6 Å². The largest absolute Gasteiger partial charge is 0.396 e. The van der Waals surface area contributed by atoms with Crippen molar-refractivity contribution in [2.45, 2.75) is 38.8 Å². The Labute approximate surface area is 115 Å². The smallest absolute Gasteiger partial charge is 0.251 e. The van der Waals surface area contributed by atoms with E-state index >= 15 is 0 Å². The molecule has 0 aliphatic rings. The van der Waals surface area contributed by atoms with E-state index in [0.29, 0.717) is 5.56 Å². The molecule has 1 aromatic carbocycles. The van der Waals surface area contributed by atoms with Crippen molar-refractivity contribution in [2.24, 2.45) is 0 Å². The van der Waals surface area contributed by atoms with Crippen molar-refractivity contribution in [3.63, 3.8) is 0 Å². The van der Waals surface area contributed by atoms with E-state index in [1.165, 1.54) is 0 Å². The Morgan fingerprint density at radius 1 is 1.32 bits per heavy atom. The van der Waals surface area contributed by atoms with Gasteiger partial charge in [0.2, 0.25) is 0 Å². The average Bonchev–Trinajstić information content (AvgIpc) is 2.45. The van der Waals surface area contributed by atoms with Gasteiger partial charge in [0.15, 0.2) is 0 Å². The minimum absolute atomic E-state index is 0.0474. The Bertz CT molecular complexity index is 403. The zero-order valence-corrected chi connectivity index (χ0v) is 12.0. The topological polar surface area (TPSA) is 61.4 Å². The molecule has 4 nitrogen and oxygen atoms in total. The summed E-state index contributed by atoms with van der Waals surface area (Å²) in [5.41, 5.74) is 1.75. The third-order valence-electron chi connectivity index (χ3n) is 3.61. The zero-order chi connectivity index (χ0) is 14.3. The summed E-state index contributed by atoms with van der Waals surface area (Å²) in [5, 5.41) is 15.1. The molecule has 0 saturated carbocycles. The quantitative estimate of drug-likeness (QED) is 0.702. The van der Waals surface area contributed by atoms with E-state index in [4.69, 9.17) is 5.11 Å². The molecule has 0 fully saturated rings. The van der Waals surface area contributed by atoms with E-state index in [0.717, 1.165) is 24.9 Å². The molecule has 106 valence electrons. The van der Waals surface area contributed by atoms with Gasteiger partial charge in [0, 0.05) is 31.3 Å². The summed E-state index contributed by atoms with van der Waals surface area (Å²) in [7, 11) is 1.62. The summed E-state index contributed by atoms with van der Waals surface area (Å²) < 4.78 is 0. The SMILES string of the molecule is CCC(C)(CCO)NCc1ccc(C(=O)NC)cc1. The Hall–Kier alpha value is -1.39. The predicted octanol–water partition coefficient (Wildman–Crippen LogP) is 1.69. The van der Waals surface area contributed by atoms with Gasteiger partial charge in [-0.1, -0.05) is 19.1 Å². The lowest BCUT2D eigenvalue weighted by atomic mass is 9.94. The Morgan fingerprint density at radius 2 is 1.95 bits per heavy atom. The van der Waals surface area contributed by atoms with Crippen LogP contribution in [0.25, 0.3) is 0 Å². The molecule has 0 bridgehead atoms.